The minimum Gasteiger partial charge on any atom is -0.378 e. The molecule has 1 aromatic carbocycles. The van der Waals surface area contributed by atoms with Crippen LogP contribution < -0.4 is 0 Å². The van der Waals surface area contributed by atoms with Crippen LogP contribution in [0.1, 0.15) is 29.2 Å². The van der Waals surface area contributed by atoms with Crippen LogP contribution in [0.2, 0.25) is 0 Å². The summed E-state index contributed by atoms with van der Waals surface area (Å²) in [5.41, 5.74) is 6.32. The number of nitrogens with zero attached hydrogens (tertiary/aromatic N) is 2. The van der Waals surface area contributed by atoms with Crippen molar-refractivity contribution in [2.45, 2.75) is 27.7 Å². The van der Waals surface area contributed by atoms with E-state index in [4.69, 9.17) is 9.84 Å². The van der Waals surface area contributed by atoms with E-state index in [9.17, 15) is 0 Å². The van der Waals surface area contributed by atoms with Crippen molar-refractivity contribution in [2.75, 3.05) is 26.3 Å². The highest BCUT2D eigenvalue weighted by Gasteiger charge is 2.10. The molecule has 0 unspecified atom stereocenters. The zero-order chi connectivity index (χ0) is 13.1. The largest absolute Gasteiger partial charge is 0.378 e. The molecule has 0 N–H and O–H groups in total. The second-order valence-corrected chi connectivity index (χ2v) is 5.00. The number of rotatable bonds is 2. The molecule has 0 aliphatic carbocycles. The Labute approximate surface area is 109 Å². The first kappa shape index (κ1) is 13.1. The Bertz CT molecular complexity index is 460. The Morgan fingerprint density at radius 3 is 2.33 bits per heavy atom. The molecule has 1 fully saturated rings. The van der Waals surface area contributed by atoms with E-state index in [-0.39, 0.29) is 0 Å². The molecule has 3 nitrogen and oxygen atoms in total. The van der Waals surface area contributed by atoms with E-state index in [1.165, 1.54) is 22.3 Å². The summed E-state index contributed by atoms with van der Waals surface area (Å²) in [7, 11) is 0. The third-order valence-electron chi connectivity index (χ3n) is 3.51. The molecule has 98 valence electrons. The first-order chi connectivity index (χ1) is 8.58. The predicted molar refractivity (Wildman–Crippen MR) is 75.3 cm³/mol. The monoisotopic (exact) mass is 246 g/mol. The van der Waals surface area contributed by atoms with Gasteiger partial charge in [0.1, 0.15) is 0 Å². The van der Waals surface area contributed by atoms with E-state index in [0.717, 1.165) is 32.0 Å². The van der Waals surface area contributed by atoms with Gasteiger partial charge in [0, 0.05) is 5.56 Å². The molecule has 3 heteroatoms. The van der Waals surface area contributed by atoms with Crippen molar-refractivity contribution in [3.8, 4) is 0 Å². The SMILES string of the molecule is C/C(=N/N1CCOCC1)c1cc(C)c(C)cc1C. The van der Waals surface area contributed by atoms with Crippen molar-refractivity contribution in [1.82, 2.24) is 5.01 Å². The average molecular weight is 246 g/mol. The summed E-state index contributed by atoms with van der Waals surface area (Å²) >= 11 is 0. The van der Waals surface area contributed by atoms with E-state index in [1.54, 1.807) is 0 Å². The maximum Gasteiger partial charge on any atom is 0.0659 e. The number of aryl methyl sites for hydroxylation is 3. The van der Waals surface area contributed by atoms with Crippen molar-refractivity contribution in [3.05, 3.63) is 34.4 Å². The van der Waals surface area contributed by atoms with E-state index < -0.39 is 0 Å². The molecule has 1 saturated heterocycles. The van der Waals surface area contributed by atoms with Gasteiger partial charge in [0.15, 0.2) is 0 Å². The van der Waals surface area contributed by atoms with E-state index in [1.807, 2.05) is 0 Å². The first-order valence-electron chi connectivity index (χ1n) is 6.54. The summed E-state index contributed by atoms with van der Waals surface area (Å²) in [6.45, 7) is 11.9. The normalized spacial score (nSPS) is 17.1. The fourth-order valence-corrected chi connectivity index (χ4v) is 2.27. The standard InChI is InChI=1S/C15H22N2O/c1-11-9-13(3)15(10-12(11)2)14(4)16-17-5-7-18-8-6-17/h9-10H,5-8H2,1-4H3/b16-14-. The lowest BCUT2D eigenvalue weighted by Gasteiger charge is -2.25. The van der Waals surface area contributed by atoms with E-state index in [0.29, 0.717) is 0 Å². The summed E-state index contributed by atoms with van der Waals surface area (Å²) in [6.07, 6.45) is 0. The molecule has 0 bridgehead atoms. The maximum atomic E-state index is 5.33. The molecule has 0 aromatic heterocycles. The topological polar surface area (TPSA) is 24.8 Å². The van der Waals surface area contributed by atoms with Gasteiger partial charge in [0.25, 0.3) is 0 Å². The smallest absolute Gasteiger partial charge is 0.0659 e. The number of ether oxygens (including phenoxy) is 1. The minimum absolute atomic E-state index is 0.780. The quantitative estimate of drug-likeness (QED) is 0.749. The van der Waals surface area contributed by atoms with Crippen molar-refractivity contribution in [2.24, 2.45) is 5.10 Å². The van der Waals surface area contributed by atoms with Crippen LogP contribution >= 0.6 is 0 Å². The van der Waals surface area contributed by atoms with Gasteiger partial charge in [-0.15, -0.1) is 0 Å². The second kappa shape index (κ2) is 5.53. The predicted octanol–water partition coefficient (Wildman–Crippen LogP) is 2.67. The van der Waals surface area contributed by atoms with Gasteiger partial charge in [-0.2, -0.15) is 5.10 Å². The first-order valence-corrected chi connectivity index (χ1v) is 6.54. The van der Waals surface area contributed by atoms with Crippen LogP contribution in [0, 0.1) is 20.8 Å². The van der Waals surface area contributed by atoms with Crippen molar-refractivity contribution in [1.29, 1.82) is 0 Å². The Balaban J connectivity index is 2.24. The van der Waals surface area contributed by atoms with Crippen LogP contribution in [0.15, 0.2) is 17.2 Å². The average Bonchev–Trinajstić information content (AvgIpc) is 2.35. The highest BCUT2D eigenvalue weighted by molar-refractivity contribution is 6.00. The van der Waals surface area contributed by atoms with Gasteiger partial charge >= 0.3 is 0 Å². The zero-order valence-electron chi connectivity index (χ0n) is 11.8. The van der Waals surface area contributed by atoms with E-state index in [2.05, 4.69) is 44.8 Å². The molecular weight excluding hydrogens is 224 g/mol. The van der Waals surface area contributed by atoms with Gasteiger partial charge in [-0.25, -0.2) is 0 Å². The van der Waals surface area contributed by atoms with Crippen LogP contribution in [0.5, 0.6) is 0 Å². The molecule has 18 heavy (non-hydrogen) atoms. The number of hydrazone groups is 1. The third-order valence-corrected chi connectivity index (χ3v) is 3.51. The highest BCUT2D eigenvalue weighted by atomic mass is 16.5. The number of benzene rings is 1. The van der Waals surface area contributed by atoms with Crippen LogP contribution in [0.3, 0.4) is 0 Å². The van der Waals surface area contributed by atoms with Crippen LogP contribution in [0.4, 0.5) is 0 Å². The van der Waals surface area contributed by atoms with Crippen molar-refractivity contribution in [3.63, 3.8) is 0 Å². The highest BCUT2D eigenvalue weighted by Crippen LogP contribution is 2.16. The van der Waals surface area contributed by atoms with Gasteiger partial charge in [-0.3, -0.25) is 5.01 Å². The Morgan fingerprint density at radius 1 is 1.06 bits per heavy atom. The minimum atomic E-state index is 0.780. The van der Waals surface area contributed by atoms with Gasteiger partial charge in [0.2, 0.25) is 0 Å². The summed E-state index contributed by atoms with van der Waals surface area (Å²) in [4.78, 5) is 0. The lowest BCUT2D eigenvalue weighted by molar-refractivity contribution is 0.0393. The summed E-state index contributed by atoms with van der Waals surface area (Å²) in [5.74, 6) is 0. The molecule has 1 aliphatic rings. The van der Waals surface area contributed by atoms with Crippen LogP contribution in [-0.2, 0) is 4.74 Å². The van der Waals surface area contributed by atoms with Crippen LogP contribution in [-0.4, -0.2) is 37.0 Å². The van der Waals surface area contributed by atoms with E-state index >= 15 is 0 Å². The summed E-state index contributed by atoms with van der Waals surface area (Å²) in [6, 6.07) is 4.48. The summed E-state index contributed by atoms with van der Waals surface area (Å²) < 4.78 is 5.33. The van der Waals surface area contributed by atoms with Gasteiger partial charge in [0.05, 0.1) is 32.0 Å². The van der Waals surface area contributed by atoms with Gasteiger partial charge in [-0.1, -0.05) is 6.07 Å². The maximum absolute atomic E-state index is 5.33. The Kier molecular flexibility index (Phi) is 4.02. The molecule has 0 radical (unpaired) electrons. The molecule has 0 atom stereocenters. The number of hydrogen-bond donors (Lipinski definition) is 0. The zero-order valence-corrected chi connectivity index (χ0v) is 11.8. The lowest BCUT2D eigenvalue weighted by Crippen LogP contribution is -2.33. The summed E-state index contributed by atoms with van der Waals surface area (Å²) in [5, 5.41) is 6.81. The van der Waals surface area contributed by atoms with Crippen molar-refractivity contribution < 1.29 is 4.74 Å². The fraction of sp³-hybridized carbons (Fsp3) is 0.533. The van der Waals surface area contributed by atoms with Crippen LogP contribution in [0.25, 0.3) is 0 Å². The molecule has 2 rings (SSSR count). The molecule has 0 saturated carbocycles. The molecular formula is C15H22N2O. The van der Waals surface area contributed by atoms with Gasteiger partial charge in [-0.05, 0) is 50.5 Å². The fourth-order valence-electron chi connectivity index (χ4n) is 2.27. The van der Waals surface area contributed by atoms with Crippen molar-refractivity contribution >= 4 is 5.71 Å². The molecule has 0 amide bonds. The second-order valence-electron chi connectivity index (χ2n) is 5.00. The molecule has 1 aromatic rings. The third kappa shape index (κ3) is 2.91. The lowest BCUT2D eigenvalue weighted by atomic mass is 9.98. The van der Waals surface area contributed by atoms with Gasteiger partial charge < -0.3 is 4.74 Å². The number of morpholine rings is 1. The molecule has 0 spiro atoms. The Hall–Kier alpha value is -1.35. The number of hydrogen-bond acceptors (Lipinski definition) is 3. The molecule has 1 heterocycles. The Morgan fingerprint density at radius 2 is 1.67 bits per heavy atom. The molecule has 1 aliphatic heterocycles.